The minimum atomic E-state index is -4.09. The van der Waals surface area contributed by atoms with Gasteiger partial charge >= 0.3 is 0 Å². The van der Waals surface area contributed by atoms with Crippen LogP contribution in [0.5, 0.6) is 0 Å². The van der Waals surface area contributed by atoms with Crippen LogP contribution in [0.3, 0.4) is 0 Å². The monoisotopic (exact) mass is 328 g/mol. The molecule has 0 aromatic heterocycles. The van der Waals surface area contributed by atoms with Gasteiger partial charge in [-0.3, -0.25) is 13.9 Å². The van der Waals surface area contributed by atoms with E-state index in [1.54, 1.807) is 0 Å². The quantitative estimate of drug-likeness (QED) is 0.452. The number of hydrazone groups is 1. The van der Waals surface area contributed by atoms with Crippen molar-refractivity contribution in [1.82, 2.24) is 5.01 Å². The molecule has 0 fully saturated rings. The molecule has 0 aromatic rings. The van der Waals surface area contributed by atoms with Crippen molar-refractivity contribution in [1.29, 1.82) is 0 Å². The molecule has 0 saturated carbocycles. The van der Waals surface area contributed by atoms with Crippen molar-refractivity contribution < 1.29 is 30.7 Å². The maximum Gasteiger partial charge on any atom is 0.265 e. The number of amides is 1. The van der Waals surface area contributed by atoms with E-state index in [-0.39, 0.29) is 37.5 Å². The first-order valence-corrected chi connectivity index (χ1v) is 9.06. The predicted molar refractivity (Wildman–Crippen MR) is 70.4 cm³/mol. The molecule has 0 aliphatic carbocycles. The van der Waals surface area contributed by atoms with E-state index in [4.69, 9.17) is 9.11 Å². The fraction of sp³-hybridized carbons (Fsp3) is 0.778. The summed E-state index contributed by atoms with van der Waals surface area (Å²) in [5, 5.41) is 5.06. The molecule has 0 saturated heterocycles. The molecular formula is C9H16N2O7S2. The van der Waals surface area contributed by atoms with Gasteiger partial charge in [-0.2, -0.15) is 21.9 Å². The summed E-state index contributed by atoms with van der Waals surface area (Å²) < 4.78 is 59.3. The average molecular weight is 328 g/mol. The Labute approximate surface area is 117 Å². The molecule has 11 heteroatoms. The van der Waals surface area contributed by atoms with Crippen molar-refractivity contribution in [3.63, 3.8) is 0 Å². The van der Waals surface area contributed by atoms with Gasteiger partial charge in [0.05, 0.1) is 17.9 Å². The topological polar surface area (TPSA) is 141 Å². The van der Waals surface area contributed by atoms with Crippen LogP contribution in [-0.2, 0) is 25.0 Å². The van der Waals surface area contributed by atoms with Crippen LogP contribution in [0.4, 0.5) is 0 Å². The Morgan fingerprint density at radius 2 is 1.65 bits per heavy atom. The number of rotatable bonds is 8. The van der Waals surface area contributed by atoms with Gasteiger partial charge in [0.15, 0.2) is 0 Å². The van der Waals surface area contributed by atoms with E-state index in [1.165, 1.54) is 0 Å². The Bertz CT molecular complexity index is 594. The lowest BCUT2D eigenvalue weighted by Crippen LogP contribution is -2.22. The number of hydrogen-bond donors (Lipinski definition) is 2. The maximum atomic E-state index is 11.5. The highest BCUT2D eigenvalue weighted by molar-refractivity contribution is 7.86. The summed E-state index contributed by atoms with van der Waals surface area (Å²) in [5.41, 5.74) is 0.363. The third kappa shape index (κ3) is 6.93. The zero-order chi connectivity index (χ0) is 15.4. The van der Waals surface area contributed by atoms with Crippen molar-refractivity contribution in [2.75, 3.05) is 18.1 Å². The van der Waals surface area contributed by atoms with Crippen LogP contribution in [0.15, 0.2) is 5.10 Å². The summed E-state index contributed by atoms with van der Waals surface area (Å²) >= 11 is 0. The normalized spacial score (nSPS) is 16.6. The molecule has 1 aliphatic heterocycles. The average Bonchev–Trinajstić information content (AvgIpc) is 2.61. The van der Waals surface area contributed by atoms with E-state index in [0.29, 0.717) is 12.1 Å². The number of hydrogen-bond acceptors (Lipinski definition) is 6. The van der Waals surface area contributed by atoms with Crippen LogP contribution in [0, 0.1) is 0 Å². The summed E-state index contributed by atoms with van der Waals surface area (Å²) in [4.78, 5) is 11.5. The minimum absolute atomic E-state index is 0.00613. The second-order valence-corrected chi connectivity index (χ2v) is 7.53. The zero-order valence-electron chi connectivity index (χ0n) is 10.6. The van der Waals surface area contributed by atoms with E-state index in [0.717, 1.165) is 5.01 Å². The van der Waals surface area contributed by atoms with Crippen LogP contribution in [0.25, 0.3) is 0 Å². The van der Waals surface area contributed by atoms with Gasteiger partial charge in [0.1, 0.15) is 0 Å². The molecule has 9 nitrogen and oxygen atoms in total. The first-order valence-electron chi connectivity index (χ1n) is 5.84. The molecule has 1 amide bonds. The van der Waals surface area contributed by atoms with E-state index in [2.05, 4.69) is 5.10 Å². The molecule has 1 heterocycles. The molecule has 0 spiro atoms. The summed E-state index contributed by atoms with van der Waals surface area (Å²) in [5.74, 6) is -1.17. The Morgan fingerprint density at radius 1 is 1.05 bits per heavy atom. The molecule has 0 atom stereocenters. The van der Waals surface area contributed by atoms with Gasteiger partial charge in [-0.1, -0.05) is 0 Å². The van der Waals surface area contributed by atoms with Gasteiger partial charge in [0.25, 0.3) is 20.2 Å². The van der Waals surface area contributed by atoms with Crippen molar-refractivity contribution in [2.24, 2.45) is 5.10 Å². The Balaban J connectivity index is 2.39. The maximum absolute atomic E-state index is 11.5. The summed E-state index contributed by atoms with van der Waals surface area (Å²) in [7, 11) is -8.09. The largest absolute Gasteiger partial charge is 0.286 e. The molecule has 0 unspecified atom stereocenters. The predicted octanol–water partition coefficient (Wildman–Crippen LogP) is -0.479. The lowest BCUT2D eigenvalue weighted by molar-refractivity contribution is -0.128. The fourth-order valence-corrected chi connectivity index (χ4v) is 2.70. The van der Waals surface area contributed by atoms with E-state index in [1.807, 2.05) is 0 Å². The fourth-order valence-electron chi connectivity index (χ4n) is 1.63. The number of carbonyl (C=O) groups is 1. The van der Waals surface area contributed by atoms with Gasteiger partial charge < -0.3 is 0 Å². The lowest BCUT2D eigenvalue weighted by atomic mass is 10.2. The first-order chi connectivity index (χ1) is 9.07. The van der Waals surface area contributed by atoms with Gasteiger partial charge in [0, 0.05) is 18.7 Å². The van der Waals surface area contributed by atoms with Crippen LogP contribution in [0.1, 0.15) is 25.7 Å². The van der Waals surface area contributed by atoms with E-state index >= 15 is 0 Å². The van der Waals surface area contributed by atoms with E-state index in [9.17, 15) is 21.6 Å². The van der Waals surface area contributed by atoms with Crippen molar-refractivity contribution >= 4 is 31.9 Å². The second kappa shape index (κ2) is 6.61. The molecule has 1 aliphatic rings. The standard InChI is InChI=1S/C9H16N2O7S2/c12-9-7-8(3-6-20(16,17)18)10-11(9)4-1-2-5-19(13,14)15/h1-7H2,(H,13,14,15)(H,16,17,18). The third-order valence-electron chi connectivity index (χ3n) is 2.58. The molecule has 1 rings (SSSR count). The summed E-state index contributed by atoms with van der Waals surface area (Å²) in [6, 6.07) is 0. The number of carbonyl (C=O) groups excluding carboxylic acids is 1. The number of nitrogens with zero attached hydrogens (tertiary/aromatic N) is 2. The van der Waals surface area contributed by atoms with Crippen molar-refractivity contribution in [2.45, 2.75) is 25.7 Å². The Kier molecular flexibility index (Phi) is 5.62. The van der Waals surface area contributed by atoms with Gasteiger partial charge in [-0.25, -0.2) is 5.01 Å². The lowest BCUT2D eigenvalue weighted by Gasteiger charge is -2.10. The Hall–Kier alpha value is -1.04. The smallest absolute Gasteiger partial charge is 0.265 e. The SMILES string of the molecule is O=C1CC(CCS(=O)(=O)O)=NN1CCCCS(=O)(=O)O. The highest BCUT2D eigenvalue weighted by Crippen LogP contribution is 2.12. The highest BCUT2D eigenvalue weighted by atomic mass is 32.2. The summed E-state index contributed by atoms with van der Waals surface area (Å²) in [6.07, 6.45) is 0.513. The molecule has 0 bridgehead atoms. The van der Waals surface area contributed by atoms with Crippen LogP contribution < -0.4 is 0 Å². The minimum Gasteiger partial charge on any atom is -0.286 e. The third-order valence-corrected chi connectivity index (χ3v) is 4.10. The zero-order valence-corrected chi connectivity index (χ0v) is 12.2. The summed E-state index contributed by atoms with van der Waals surface area (Å²) in [6.45, 7) is 0.198. The van der Waals surface area contributed by atoms with Gasteiger partial charge in [-0.05, 0) is 12.8 Å². The van der Waals surface area contributed by atoms with Crippen LogP contribution in [0.2, 0.25) is 0 Å². The highest BCUT2D eigenvalue weighted by Gasteiger charge is 2.24. The van der Waals surface area contributed by atoms with Crippen LogP contribution in [-0.4, -0.2) is 60.6 Å². The van der Waals surface area contributed by atoms with Crippen LogP contribution >= 0.6 is 0 Å². The number of unbranched alkanes of at least 4 members (excludes halogenated alkanes) is 1. The molecule has 0 aromatic carbocycles. The molecule has 2 N–H and O–H groups in total. The van der Waals surface area contributed by atoms with Crippen molar-refractivity contribution in [3.05, 3.63) is 0 Å². The van der Waals surface area contributed by atoms with E-state index < -0.39 is 26.0 Å². The molecule has 20 heavy (non-hydrogen) atoms. The Morgan fingerprint density at radius 3 is 2.20 bits per heavy atom. The second-order valence-electron chi connectivity index (χ2n) is 4.39. The molecular weight excluding hydrogens is 312 g/mol. The van der Waals surface area contributed by atoms with Gasteiger partial charge in [-0.15, -0.1) is 0 Å². The van der Waals surface area contributed by atoms with Gasteiger partial charge in [0.2, 0.25) is 5.91 Å². The first kappa shape index (κ1) is 17.0. The van der Waals surface area contributed by atoms with Crippen molar-refractivity contribution in [3.8, 4) is 0 Å². The molecule has 0 radical (unpaired) electrons. The molecule has 116 valence electrons.